The van der Waals surface area contributed by atoms with Gasteiger partial charge in [-0.25, -0.2) is 0 Å². The second-order valence-corrected chi connectivity index (χ2v) is 10.5. The Balaban J connectivity index is 1.22. The van der Waals surface area contributed by atoms with Crippen LogP contribution in [0.1, 0.15) is 43.2 Å². The van der Waals surface area contributed by atoms with Crippen molar-refractivity contribution in [1.82, 2.24) is 0 Å². The van der Waals surface area contributed by atoms with Gasteiger partial charge in [-0.1, -0.05) is 129 Å². The Morgan fingerprint density at radius 3 is 2.26 bits per heavy atom. The highest BCUT2D eigenvalue weighted by Gasteiger charge is 2.08. The molecule has 1 N–H and O–H groups in total. The second-order valence-electron chi connectivity index (χ2n) is 10.5. The molecule has 0 bridgehead atoms. The Morgan fingerprint density at radius 1 is 0.769 bits per heavy atom. The predicted molar refractivity (Wildman–Crippen MR) is 170 cm³/mol. The van der Waals surface area contributed by atoms with Crippen molar-refractivity contribution >= 4 is 33.3 Å². The molecule has 0 heterocycles. The number of hydrogen-bond acceptors (Lipinski definition) is 1. The van der Waals surface area contributed by atoms with Gasteiger partial charge in [0, 0.05) is 17.6 Å². The lowest BCUT2D eigenvalue weighted by Crippen LogP contribution is -2.16. The Labute approximate surface area is 232 Å². The third-order valence-corrected chi connectivity index (χ3v) is 7.76. The molecule has 1 nitrogen and oxygen atoms in total. The Kier molecular flexibility index (Phi) is 7.41. The Morgan fingerprint density at radius 2 is 1.51 bits per heavy atom. The van der Waals surface area contributed by atoms with E-state index in [2.05, 4.69) is 152 Å². The van der Waals surface area contributed by atoms with Crippen molar-refractivity contribution in [1.29, 1.82) is 0 Å². The number of hydrogen-bond donors (Lipinski definition) is 1. The summed E-state index contributed by atoms with van der Waals surface area (Å²) < 4.78 is 0. The SMILES string of the molecule is CCCC(/C=C/c1ccc2c(ccc3cc(-c4ccc(NC5C=CC=CC5)cc4)ccc32)c1)c1ccccc1. The zero-order chi connectivity index (χ0) is 26.4. The van der Waals surface area contributed by atoms with E-state index in [4.69, 9.17) is 0 Å². The van der Waals surface area contributed by atoms with Gasteiger partial charge in [0.2, 0.25) is 0 Å². The van der Waals surface area contributed by atoms with Crippen molar-refractivity contribution in [3.63, 3.8) is 0 Å². The van der Waals surface area contributed by atoms with E-state index in [1.165, 1.54) is 50.2 Å². The van der Waals surface area contributed by atoms with Crippen LogP contribution in [0.15, 0.2) is 134 Å². The fraction of sp³-hybridized carbons (Fsp3) is 0.158. The molecule has 0 amide bonds. The maximum absolute atomic E-state index is 3.60. The Hall–Kier alpha value is -4.36. The second kappa shape index (κ2) is 11.6. The molecule has 6 rings (SSSR count). The third-order valence-electron chi connectivity index (χ3n) is 7.76. The summed E-state index contributed by atoms with van der Waals surface area (Å²) in [7, 11) is 0. The zero-order valence-corrected chi connectivity index (χ0v) is 22.6. The van der Waals surface area contributed by atoms with Crippen LogP contribution >= 0.6 is 0 Å². The van der Waals surface area contributed by atoms with E-state index >= 15 is 0 Å². The van der Waals surface area contributed by atoms with Crippen molar-refractivity contribution in [2.24, 2.45) is 0 Å². The maximum atomic E-state index is 3.60. The van der Waals surface area contributed by atoms with Gasteiger partial charge in [0.05, 0.1) is 0 Å². The minimum atomic E-state index is 0.368. The normalized spacial score (nSPS) is 15.8. The molecule has 0 saturated heterocycles. The molecule has 192 valence electrons. The smallest absolute Gasteiger partial charge is 0.0482 e. The van der Waals surface area contributed by atoms with E-state index in [0.29, 0.717) is 12.0 Å². The van der Waals surface area contributed by atoms with Gasteiger partial charge < -0.3 is 5.32 Å². The van der Waals surface area contributed by atoms with Gasteiger partial charge in [-0.3, -0.25) is 0 Å². The molecule has 1 aliphatic carbocycles. The van der Waals surface area contributed by atoms with Crippen LogP contribution in [0.4, 0.5) is 5.69 Å². The van der Waals surface area contributed by atoms with E-state index in [1.54, 1.807) is 0 Å². The number of allylic oxidation sites excluding steroid dienone is 3. The summed E-state index contributed by atoms with van der Waals surface area (Å²) in [5.41, 5.74) is 6.29. The summed E-state index contributed by atoms with van der Waals surface area (Å²) in [5, 5.41) is 8.76. The van der Waals surface area contributed by atoms with Crippen LogP contribution in [0.2, 0.25) is 0 Å². The van der Waals surface area contributed by atoms with E-state index in [9.17, 15) is 0 Å². The molecule has 0 saturated carbocycles. The fourth-order valence-corrected chi connectivity index (χ4v) is 5.65. The molecule has 0 fully saturated rings. The average Bonchev–Trinajstić information content (AvgIpc) is 3.00. The molecular weight excluding hydrogens is 470 g/mol. The first-order chi connectivity index (χ1) is 19.3. The van der Waals surface area contributed by atoms with Gasteiger partial charge in [0.1, 0.15) is 0 Å². The summed E-state index contributed by atoms with van der Waals surface area (Å²) in [5.74, 6) is 0.452. The first kappa shape index (κ1) is 24.9. The molecule has 5 aromatic carbocycles. The number of fused-ring (bicyclic) bond motifs is 3. The van der Waals surface area contributed by atoms with Crippen LogP contribution in [0.5, 0.6) is 0 Å². The van der Waals surface area contributed by atoms with Crippen LogP contribution in [0.25, 0.3) is 38.7 Å². The lowest BCUT2D eigenvalue weighted by atomic mass is 9.93. The van der Waals surface area contributed by atoms with Crippen molar-refractivity contribution < 1.29 is 0 Å². The summed E-state index contributed by atoms with van der Waals surface area (Å²) in [6, 6.07) is 38.2. The predicted octanol–water partition coefficient (Wildman–Crippen LogP) is 10.6. The largest absolute Gasteiger partial charge is 0.379 e. The first-order valence-electron chi connectivity index (χ1n) is 14.2. The van der Waals surface area contributed by atoms with Crippen molar-refractivity contribution in [3.05, 3.63) is 145 Å². The van der Waals surface area contributed by atoms with Crippen LogP contribution in [-0.2, 0) is 0 Å². The summed E-state index contributed by atoms with van der Waals surface area (Å²) in [4.78, 5) is 0. The van der Waals surface area contributed by atoms with E-state index < -0.39 is 0 Å². The lowest BCUT2D eigenvalue weighted by molar-refractivity contribution is 0.719. The zero-order valence-electron chi connectivity index (χ0n) is 22.6. The fourth-order valence-electron chi connectivity index (χ4n) is 5.65. The summed E-state index contributed by atoms with van der Waals surface area (Å²) >= 11 is 0. The van der Waals surface area contributed by atoms with Gasteiger partial charge in [0.25, 0.3) is 0 Å². The molecule has 0 aromatic heterocycles. The molecule has 39 heavy (non-hydrogen) atoms. The minimum absolute atomic E-state index is 0.368. The quantitative estimate of drug-likeness (QED) is 0.207. The minimum Gasteiger partial charge on any atom is -0.379 e. The van der Waals surface area contributed by atoms with Crippen molar-refractivity contribution in [2.75, 3.05) is 5.32 Å². The molecule has 1 heteroatoms. The highest BCUT2D eigenvalue weighted by Crippen LogP contribution is 2.32. The number of anilines is 1. The van der Waals surface area contributed by atoms with Gasteiger partial charge in [0.15, 0.2) is 0 Å². The highest BCUT2D eigenvalue weighted by atomic mass is 14.9. The van der Waals surface area contributed by atoms with Crippen LogP contribution in [0.3, 0.4) is 0 Å². The third kappa shape index (κ3) is 5.73. The van der Waals surface area contributed by atoms with Gasteiger partial charge in [-0.15, -0.1) is 0 Å². The van der Waals surface area contributed by atoms with E-state index in [0.717, 1.165) is 18.5 Å². The summed E-state index contributed by atoms with van der Waals surface area (Å²) in [6.07, 6.45) is 16.7. The first-order valence-corrected chi connectivity index (χ1v) is 14.2. The van der Waals surface area contributed by atoms with Crippen molar-refractivity contribution in [2.45, 2.75) is 38.1 Å². The number of benzene rings is 5. The molecule has 2 unspecified atom stereocenters. The molecular formula is C38H35N. The molecule has 2 atom stereocenters. The molecule has 0 radical (unpaired) electrons. The monoisotopic (exact) mass is 505 g/mol. The molecule has 5 aromatic rings. The van der Waals surface area contributed by atoms with Crippen LogP contribution < -0.4 is 5.32 Å². The maximum Gasteiger partial charge on any atom is 0.0482 e. The van der Waals surface area contributed by atoms with Gasteiger partial charge in [-0.05, 0) is 80.9 Å². The van der Waals surface area contributed by atoms with E-state index in [1.807, 2.05) is 0 Å². The number of rotatable bonds is 8. The number of nitrogens with one attached hydrogen (secondary N) is 1. The summed E-state index contributed by atoms with van der Waals surface area (Å²) in [6.45, 7) is 2.26. The molecule has 0 spiro atoms. The van der Waals surface area contributed by atoms with Gasteiger partial charge >= 0.3 is 0 Å². The molecule has 1 aliphatic rings. The van der Waals surface area contributed by atoms with E-state index in [-0.39, 0.29) is 0 Å². The topological polar surface area (TPSA) is 12.0 Å². The Bertz CT molecular complexity index is 1650. The molecule has 0 aliphatic heterocycles. The van der Waals surface area contributed by atoms with Crippen LogP contribution in [-0.4, -0.2) is 6.04 Å². The van der Waals surface area contributed by atoms with Crippen LogP contribution in [0, 0.1) is 0 Å². The van der Waals surface area contributed by atoms with Crippen molar-refractivity contribution in [3.8, 4) is 11.1 Å². The average molecular weight is 506 g/mol. The standard InChI is InChI=1S/C38H35N/c1-2-9-29(30-10-5-3-6-11-30)16-14-28-15-24-37-33(26-28)17-18-34-27-32(21-25-38(34)37)31-19-22-36(23-20-31)39-35-12-7-4-8-13-35/h3-8,10-12,14-27,29,35,39H,2,9,13H2,1H3/b16-14+. The highest BCUT2D eigenvalue weighted by molar-refractivity contribution is 6.08. The van der Waals surface area contributed by atoms with Gasteiger partial charge in [-0.2, -0.15) is 0 Å². The lowest BCUT2D eigenvalue weighted by Gasteiger charge is -2.17.